The molecule has 0 bridgehead atoms. The van der Waals surface area contributed by atoms with Crippen molar-refractivity contribution < 1.29 is 9.90 Å². The normalized spacial score (nSPS) is 17.5. The monoisotopic (exact) mass is 366 g/mol. The number of amides is 1. The van der Waals surface area contributed by atoms with E-state index in [9.17, 15) is 4.79 Å². The van der Waals surface area contributed by atoms with Crippen LogP contribution in [0.2, 0.25) is 0 Å². The third kappa shape index (κ3) is 3.90. The van der Waals surface area contributed by atoms with Gasteiger partial charge in [0.05, 0.1) is 18.8 Å². The van der Waals surface area contributed by atoms with Crippen molar-refractivity contribution in [3.63, 3.8) is 0 Å². The van der Waals surface area contributed by atoms with Gasteiger partial charge < -0.3 is 15.0 Å². The summed E-state index contributed by atoms with van der Waals surface area (Å²) in [6.07, 6.45) is 7.29. The number of aromatic amines is 1. The molecule has 142 valence electrons. The van der Waals surface area contributed by atoms with Crippen molar-refractivity contribution in [2.24, 2.45) is 0 Å². The molecule has 6 nitrogen and oxygen atoms in total. The molecule has 0 saturated carbocycles. The molecule has 3 heterocycles. The Morgan fingerprint density at radius 1 is 1.30 bits per heavy atom. The highest BCUT2D eigenvalue weighted by molar-refractivity contribution is 5.84. The molecule has 3 aromatic rings. The van der Waals surface area contributed by atoms with E-state index in [1.54, 1.807) is 4.68 Å². The van der Waals surface area contributed by atoms with Crippen molar-refractivity contribution in [3.8, 4) is 0 Å². The van der Waals surface area contributed by atoms with E-state index in [4.69, 9.17) is 5.11 Å². The lowest BCUT2D eigenvalue weighted by Gasteiger charge is -2.32. The molecule has 1 atom stereocenters. The van der Waals surface area contributed by atoms with Crippen LogP contribution in [0, 0.1) is 0 Å². The molecule has 2 N–H and O–H groups in total. The van der Waals surface area contributed by atoms with Crippen LogP contribution in [0.1, 0.15) is 36.4 Å². The molecule has 1 amide bonds. The molecule has 4 rings (SSSR count). The second-order valence-electron chi connectivity index (χ2n) is 7.27. The lowest BCUT2D eigenvalue weighted by atomic mass is 9.94. The van der Waals surface area contributed by atoms with Crippen molar-refractivity contribution in [3.05, 3.63) is 54.0 Å². The molecule has 2 aromatic heterocycles. The summed E-state index contributed by atoms with van der Waals surface area (Å²) < 4.78 is 1.77. The summed E-state index contributed by atoms with van der Waals surface area (Å²) in [4.78, 5) is 18.0. The Labute approximate surface area is 158 Å². The third-order valence-electron chi connectivity index (χ3n) is 5.47. The fraction of sp³-hybridized carbons (Fsp3) is 0.429. The van der Waals surface area contributed by atoms with Crippen LogP contribution in [0.3, 0.4) is 0 Å². The second-order valence-corrected chi connectivity index (χ2v) is 7.27. The summed E-state index contributed by atoms with van der Waals surface area (Å²) in [6.45, 7) is 2.17. The summed E-state index contributed by atoms with van der Waals surface area (Å²) in [6, 6.07) is 10.2. The fourth-order valence-electron chi connectivity index (χ4n) is 4.01. The largest absolute Gasteiger partial charge is 0.394 e. The summed E-state index contributed by atoms with van der Waals surface area (Å²) in [5, 5.41) is 14.8. The van der Waals surface area contributed by atoms with Gasteiger partial charge in [-0.15, -0.1) is 0 Å². The van der Waals surface area contributed by atoms with E-state index in [0.717, 1.165) is 43.6 Å². The van der Waals surface area contributed by atoms with Crippen LogP contribution in [-0.4, -0.2) is 50.4 Å². The minimum absolute atomic E-state index is 0.0875. The summed E-state index contributed by atoms with van der Waals surface area (Å²) in [5.74, 6) is 0.510. The van der Waals surface area contributed by atoms with Crippen molar-refractivity contribution >= 4 is 16.8 Å². The molecule has 0 aliphatic carbocycles. The van der Waals surface area contributed by atoms with E-state index in [-0.39, 0.29) is 18.4 Å². The standard InChI is InChI=1S/C21H26N4O2/c26-13-12-25-11-9-19(23-25)17-4-3-10-24(15-17)21(27)8-7-16-14-22-20-6-2-1-5-18(16)20/h1-2,5-6,9,11,14,17,22,26H,3-4,7-8,10,12-13,15H2. The summed E-state index contributed by atoms with van der Waals surface area (Å²) in [7, 11) is 0. The number of aliphatic hydroxyl groups excluding tert-OH is 1. The Hall–Kier alpha value is -2.60. The predicted molar refractivity (Wildman–Crippen MR) is 104 cm³/mol. The number of hydrogen-bond donors (Lipinski definition) is 2. The molecule has 1 unspecified atom stereocenters. The Morgan fingerprint density at radius 2 is 2.19 bits per heavy atom. The Balaban J connectivity index is 1.36. The second kappa shape index (κ2) is 7.96. The number of rotatable bonds is 6. The minimum Gasteiger partial charge on any atom is -0.394 e. The average molecular weight is 366 g/mol. The van der Waals surface area contributed by atoms with Crippen LogP contribution in [0.25, 0.3) is 10.9 Å². The van der Waals surface area contributed by atoms with Crippen molar-refractivity contribution in [1.82, 2.24) is 19.7 Å². The van der Waals surface area contributed by atoms with Crippen molar-refractivity contribution in [1.29, 1.82) is 0 Å². The highest BCUT2D eigenvalue weighted by Crippen LogP contribution is 2.26. The van der Waals surface area contributed by atoms with Gasteiger partial charge in [-0.05, 0) is 37.0 Å². The molecule has 0 radical (unpaired) electrons. The van der Waals surface area contributed by atoms with E-state index >= 15 is 0 Å². The maximum Gasteiger partial charge on any atom is 0.222 e. The Bertz CT molecular complexity index is 914. The fourth-order valence-corrected chi connectivity index (χ4v) is 4.01. The van der Waals surface area contributed by atoms with Gasteiger partial charge in [0.2, 0.25) is 5.91 Å². The minimum atomic E-state index is 0.0875. The van der Waals surface area contributed by atoms with Crippen LogP contribution < -0.4 is 0 Å². The van der Waals surface area contributed by atoms with E-state index in [0.29, 0.717) is 13.0 Å². The number of nitrogens with zero attached hydrogens (tertiary/aromatic N) is 3. The number of fused-ring (bicyclic) bond motifs is 1. The maximum atomic E-state index is 12.8. The number of benzene rings is 1. The number of aromatic nitrogens is 3. The molecule has 1 fully saturated rings. The topological polar surface area (TPSA) is 74.2 Å². The van der Waals surface area contributed by atoms with Gasteiger partial charge in [-0.25, -0.2) is 0 Å². The van der Waals surface area contributed by atoms with Gasteiger partial charge in [0.15, 0.2) is 0 Å². The van der Waals surface area contributed by atoms with Gasteiger partial charge >= 0.3 is 0 Å². The van der Waals surface area contributed by atoms with Gasteiger partial charge in [0.1, 0.15) is 0 Å². The lowest BCUT2D eigenvalue weighted by molar-refractivity contribution is -0.132. The quantitative estimate of drug-likeness (QED) is 0.704. The highest BCUT2D eigenvalue weighted by atomic mass is 16.3. The average Bonchev–Trinajstić information content (AvgIpc) is 3.34. The zero-order valence-electron chi connectivity index (χ0n) is 15.5. The number of hydrogen-bond acceptors (Lipinski definition) is 3. The van der Waals surface area contributed by atoms with Crippen LogP contribution in [-0.2, 0) is 17.8 Å². The predicted octanol–water partition coefficient (Wildman–Crippen LogP) is 2.70. The molecular formula is C21H26N4O2. The van der Waals surface area contributed by atoms with Crippen LogP contribution >= 0.6 is 0 Å². The molecule has 1 saturated heterocycles. The van der Waals surface area contributed by atoms with E-state index in [2.05, 4.69) is 22.2 Å². The number of para-hydroxylation sites is 1. The zero-order chi connectivity index (χ0) is 18.6. The first kappa shape index (κ1) is 17.8. The van der Waals surface area contributed by atoms with E-state index in [1.807, 2.05) is 35.5 Å². The molecule has 27 heavy (non-hydrogen) atoms. The molecule has 0 spiro atoms. The SMILES string of the molecule is O=C(CCc1c[nH]c2ccccc12)N1CCCC(c2ccn(CCO)n2)C1. The number of aryl methyl sites for hydroxylation is 1. The number of H-pyrrole nitrogens is 1. The van der Waals surface area contributed by atoms with Gasteiger partial charge in [0, 0.05) is 48.7 Å². The summed E-state index contributed by atoms with van der Waals surface area (Å²) >= 11 is 0. The third-order valence-corrected chi connectivity index (χ3v) is 5.47. The number of piperidine rings is 1. The van der Waals surface area contributed by atoms with Crippen LogP contribution in [0.4, 0.5) is 0 Å². The number of carbonyl (C=O) groups excluding carboxylic acids is 1. The van der Waals surface area contributed by atoms with E-state index in [1.165, 1.54) is 10.9 Å². The zero-order valence-corrected chi connectivity index (χ0v) is 15.5. The van der Waals surface area contributed by atoms with Gasteiger partial charge in [-0.1, -0.05) is 18.2 Å². The molecule has 1 aliphatic heterocycles. The molecule has 1 aliphatic rings. The van der Waals surface area contributed by atoms with Gasteiger partial charge in [0.25, 0.3) is 0 Å². The molecule has 6 heteroatoms. The number of likely N-dealkylation sites (tertiary alicyclic amines) is 1. The number of aliphatic hydroxyl groups is 1. The smallest absolute Gasteiger partial charge is 0.222 e. The van der Waals surface area contributed by atoms with Crippen molar-refractivity contribution in [2.45, 2.75) is 38.1 Å². The van der Waals surface area contributed by atoms with Crippen LogP contribution in [0.5, 0.6) is 0 Å². The van der Waals surface area contributed by atoms with Gasteiger partial charge in [-0.3, -0.25) is 9.48 Å². The molecule has 1 aromatic carbocycles. The lowest BCUT2D eigenvalue weighted by Crippen LogP contribution is -2.39. The van der Waals surface area contributed by atoms with E-state index < -0.39 is 0 Å². The Kier molecular flexibility index (Phi) is 5.25. The van der Waals surface area contributed by atoms with Crippen LogP contribution in [0.15, 0.2) is 42.7 Å². The first-order valence-corrected chi connectivity index (χ1v) is 9.71. The van der Waals surface area contributed by atoms with Crippen molar-refractivity contribution in [2.75, 3.05) is 19.7 Å². The number of carbonyl (C=O) groups is 1. The molecular weight excluding hydrogens is 340 g/mol. The van der Waals surface area contributed by atoms with Gasteiger partial charge in [-0.2, -0.15) is 5.10 Å². The Morgan fingerprint density at radius 3 is 3.07 bits per heavy atom. The number of nitrogens with one attached hydrogen (secondary N) is 1. The first-order valence-electron chi connectivity index (χ1n) is 9.71. The summed E-state index contributed by atoms with van der Waals surface area (Å²) in [5.41, 5.74) is 3.35. The highest BCUT2D eigenvalue weighted by Gasteiger charge is 2.26. The first-order chi connectivity index (χ1) is 13.2. The maximum absolute atomic E-state index is 12.8.